The molecule has 0 saturated carbocycles. The highest BCUT2D eigenvalue weighted by molar-refractivity contribution is 5.73. The number of ether oxygens (including phenoxy) is 1. The molecule has 1 aromatic rings. The molecule has 2 atom stereocenters. The minimum absolute atomic E-state index is 0.382. The molecule has 0 aromatic heterocycles. The van der Waals surface area contributed by atoms with Gasteiger partial charge in [0.25, 0.3) is 6.47 Å². The lowest BCUT2D eigenvalue weighted by molar-refractivity contribution is -0.152. The summed E-state index contributed by atoms with van der Waals surface area (Å²) in [5.41, 5.74) is 1.00. The van der Waals surface area contributed by atoms with Crippen LogP contribution in [0.5, 0.6) is 0 Å². The number of nitrogens with zero attached hydrogens (tertiary/aromatic N) is 1. The molecule has 1 heterocycles. The highest BCUT2D eigenvalue weighted by Crippen LogP contribution is 2.26. The van der Waals surface area contributed by atoms with Gasteiger partial charge in [0.05, 0.1) is 0 Å². The monoisotopic (exact) mass is 249 g/mol. The molecule has 1 aliphatic rings. The van der Waals surface area contributed by atoms with Gasteiger partial charge < -0.3 is 9.84 Å². The van der Waals surface area contributed by atoms with Crippen molar-refractivity contribution in [3.8, 4) is 0 Å². The average molecular weight is 249 g/mol. The molecule has 5 nitrogen and oxygen atoms in total. The van der Waals surface area contributed by atoms with Gasteiger partial charge >= 0.3 is 5.97 Å². The molecule has 0 amide bonds. The van der Waals surface area contributed by atoms with Crippen LogP contribution in [0.1, 0.15) is 18.4 Å². The zero-order valence-electron chi connectivity index (χ0n) is 9.86. The second-order valence-electron chi connectivity index (χ2n) is 4.28. The zero-order chi connectivity index (χ0) is 13.0. The average Bonchev–Trinajstić information content (AvgIpc) is 2.74. The van der Waals surface area contributed by atoms with E-state index in [4.69, 9.17) is 9.84 Å². The summed E-state index contributed by atoms with van der Waals surface area (Å²) in [5, 5.41) is 9.16. The summed E-state index contributed by atoms with van der Waals surface area (Å²) in [6.07, 6.45) is 0.618. The molecule has 1 fully saturated rings. The molecule has 96 valence electrons. The number of carboxylic acid groups (broad SMARTS) is 1. The maximum atomic E-state index is 11.2. The van der Waals surface area contributed by atoms with Crippen molar-refractivity contribution in [2.45, 2.75) is 31.7 Å². The molecule has 18 heavy (non-hydrogen) atoms. The Kier molecular flexibility index (Phi) is 3.94. The van der Waals surface area contributed by atoms with Gasteiger partial charge in [-0.25, -0.2) is 0 Å². The van der Waals surface area contributed by atoms with E-state index in [0.717, 1.165) is 5.56 Å². The minimum Gasteiger partial charge on any atom is -0.480 e. The third-order valence-corrected chi connectivity index (χ3v) is 3.16. The van der Waals surface area contributed by atoms with Crippen LogP contribution in [-0.2, 0) is 20.9 Å². The number of hydrogen-bond acceptors (Lipinski definition) is 4. The summed E-state index contributed by atoms with van der Waals surface area (Å²) >= 11 is 0. The standard InChI is InChI=1S/C13H15NO4/c15-9-18-12-7-6-11(13(16)17)14(12)8-10-4-2-1-3-5-10/h1-5,9,11-12H,6-8H2,(H,16,17). The second kappa shape index (κ2) is 5.64. The van der Waals surface area contributed by atoms with Gasteiger partial charge in [0, 0.05) is 13.0 Å². The van der Waals surface area contributed by atoms with Crippen LogP contribution in [0.4, 0.5) is 0 Å². The first-order chi connectivity index (χ1) is 8.72. The molecule has 0 radical (unpaired) electrons. The summed E-state index contributed by atoms with van der Waals surface area (Å²) in [6, 6.07) is 8.97. The predicted octanol–water partition coefficient (Wildman–Crippen LogP) is 1.23. The van der Waals surface area contributed by atoms with E-state index in [9.17, 15) is 9.59 Å². The van der Waals surface area contributed by atoms with Crippen molar-refractivity contribution in [3.63, 3.8) is 0 Å². The first-order valence-corrected chi connectivity index (χ1v) is 5.84. The summed E-state index contributed by atoms with van der Waals surface area (Å²) in [5.74, 6) is -0.872. The van der Waals surface area contributed by atoms with Crippen LogP contribution in [0, 0.1) is 0 Å². The molecule has 2 unspecified atom stereocenters. The SMILES string of the molecule is O=COC1CCC(C(=O)O)N1Cc1ccccc1. The van der Waals surface area contributed by atoms with Crippen LogP contribution in [-0.4, -0.2) is 34.7 Å². The van der Waals surface area contributed by atoms with Gasteiger partial charge in [-0.05, 0) is 12.0 Å². The lowest BCUT2D eigenvalue weighted by Crippen LogP contribution is -2.41. The van der Waals surface area contributed by atoms with E-state index in [1.165, 1.54) is 0 Å². The van der Waals surface area contributed by atoms with E-state index in [2.05, 4.69) is 0 Å². The Bertz CT molecular complexity index is 420. The summed E-state index contributed by atoms with van der Waals surface area (Å²) in [6.45, 7) is 0.850. The van der Waals surface area contributed by atoms with Crippen molar-refractivity contribution in [3.05, 3.63) is 35.9 Å². The maximum absolute atomic E-state index is 11.2. The molecular formula is C13H15NO4. The fraction of sp³-hybridized carbons (Fsp3) is 0.385. The Morgan fingerprint density at radius 3 is 2.72 bits per heavy atom. The van der Waals surface area contributed by atoms with Crippen molar-refractivity contribution < 1.29 is 19.4 Å². The fourth-order valence-electron chi connectivity index (χ4n) is 2.31. The van der Waals surface area contributed by atoms with E-state index in [-0.39, 0.29) is 0 Å². The van der Waals surface area contributed by atoms with Gasteiger partial charge in [-0.2, -0.15) is 0 Å². The second-order valence-corrected chi connectivity index (χ2v) is 4.28. The normalized spacial score (nSPS) is 23.8. The number of hydrogen-bond donors (Lipinski definition) is 1. The van der Waals surface area contributed by atoms with Gasteiger partial charge in [0.2, 0.25) is 0 Å². The smallest absolute Gasteiger partial charge is 0.321 e. The van der Waals surface area contributed by atoms with Crippen LogP contribution >= 0.6 is 0 Å². The molecule has 2 rings (SSSR count). The van der Waals surface area contributed by atoms with Crippen LogP contribution in [0.25, 0.3) is 0 Å². The first-order valence-electron chi connectivity index (χ1n) is 5.84. The van der Waals surface area contributed by atoms with Gasteiger partial charge in [-0.15, -0.1) is 0 Å². The topological polar surface area (TPSA) is 66.8 Å². The van der Waals surface area contributed by atoms with Gasteiger partial charge in [-0.3, -0.25) is 14.5 Å². The molecule has 1 saturated heterocycles. The number of carbonyl (C=O) groups excluding carboxylic acids is 1. The number of rotatable bonds is 5. The highest BCUT2D eigenvalue weighted by atomic mass is 16.5. The first kappa shape index (κ1) is 12.6. The summed E-state index contributed by atoms with van der Waals surface area (Å²) in [7, 11) is 0. The fourth-order valence-corrected chi connectivity index (χ4v) is 2.31. The predicted molar refractivity (Wildman–Crippen MR) is 63.6 cm³/mol. The Hall–Kier alpha value is -1.88. The molecule has 1 N–H and O–H groups in total. The van der Waals surface area contributed by atoms with Gasteiger partial charge in [-0.1, -0.05) is 30.3 Å². The van der Waals surface area contributed by atoms with Crippen molar-refractivity contribution >= 4 is 12.4 Å². The summed E-state index contributed by atoms with van der Waals surface area (Å²) in [4.78, 5) is 23.3. The number of likely N-dealkylation sites (tertiary alicyclic amines) is 1. The Labute approximate surface area is 105 Å². The van der Waals surface area contributed by atoms with Crippen LogP contribution in [0.3, 0.4) is 0 Å². The van der Waals surface area contributed by atoms with E-state index >= 15 is 0 Å². The van der Waals surface area contributed by atoms with E-state index in [0.29, 0.717) is 25.9 Å². The van der Waals surface area contributed by atoms with Gasteiger partial charge in [0.15, 0.2) is 6.23 Å². The Morgan fingerprint density at radius 1 is 1.39 bits per heavy atom. The largest absolute Gasteiger partial charge is 0.480 e. The highest BCUT2D eigenvalue weighted by Gasteiger charge is 2.38. The van der Waals surface area contributed by atoms with Crippen molar-refractivity contribution in [2.75, 3.05) is 0 Å². The number of benzene rings is 1. The molecule has 0 bridgehead atoms. The molecule has 5 heteroatoms. The molecule has 0 aliphatic carbocycles. The third-order valence-electron chi connectivity index (χ3n) is 3.16. The number of carbonyl (C=O) groups is 2. The van der Waals surface area contributed by atoms with Crippen molar-refractivity contribution in [1.82, 2.24) is 4.90 Å². The van der Waals surface area contributed by atoms with E-state index in [1.807, 2.05) is 30.3 Å². The maximum Gasteiger partial charge on any atom is 0.321 e. The van der Waals surface area contributed by atoms with Crippen molar-refractivity contribution in [2.24, 2.45) is 0 Å². The zero-order valence-corrected chi connectivity index (χ0v) is 9.86. The van der Waals surface area contributed by atoms with Crippen LogP contribution < -0.4 is 0 Å². The van der Waals surface area contributed by atoms with E-state index in [1.54, 1.807) is 4.90 Å². The lowest BCUT2D eigenvalue weighted by Gasteiger charge is -2.26. The molecule has 0 spiro atoms. The number of carboxylic acids is 1. The molecule has 1 aliphatic heterocycles. The van der Waals surface area contributed by atoms with Gasteiger partial charge in [0.1, 0.15) is 6.04 Å². The minimum atomic E-state index is -0.872. The number of aliphatic carboxylic acids is 1. The van der Waals surface area contributed by atoms with Crippen molar-refractivity contribution in [1.29, 1.82) is 0 Å². The Morgan fingerprint density at radius 2 is 2.11 bits per heavy atom. The third kappa shape index (κ3) is 2.68. The van der Waals surface area contributed by atoms with E-state index < -0.39 is 18.2 Å². The summed E-state index contributed by atoms with van der Waals surface area (Å²) < 4.78 is 4.95. The quantitative estimate of drug-likeness (QED) is 0.795. The lowest BCUT2D eigenvalue weighted by atomic mass is 10.2. The van der Waals surface area contributed by atoms with Crippen LogP contribution in [0.15, 0.2) is 30.3 Å². The Balaban J connectivity index is 2.13. The van der Waals surface area contributed by atoms with Crippen LogP contribution in [0.2, 0.25) is 0 Å². The molecule has 1 aromatic carbocycles. The molecular weight excluding hydrogens is 234 g/mol.